The number of benzene rings is 1. The number of ether oxygens (including phenoxy) is 2. The molecule has 1 heterocycles. The van der Waals surface area contributed by atoms with E-state index in [4.69, 9.17) is 9.47 Å². The van der Waals surface area contributed by atoms with Crippen LogP contribution in [0, 0.1) is 26.2 Å². The molecule has 1 amide bonds. The van der Waals surface area contributed by atoms with E-state index in [1.165, 1.54) is 7.11 Å². The number of aromatic nitrogens is 1. The Hall–Kier alpha value is -2.44. The molecule has 6 heteroatoms. The molecule has 1 unspecified atom stereocenters. The molecular weight excluding hydrogens is 392 g/mol. The Bertz CT molecular complexity index is 912. The molecule has 1 aromatic carbocycles. The van der Waals surface area contributed by atoms with E-state index >= 15 is 0 Å². The summed E-state index contributed by atoms with van der Waals surface area (Å²) in [6.45, 7) is 12.0. The third-order valence-corrected chi connectivity index (χ3v) is 5.24. The van der Waals surface area contributed by atoms with Crippen molar-refractivity contribution in [3.63, 3.8) is 0 Å². The van der Waals surface area contributed by atoms with Gasteiger partial charge in [-0.15, -0.1) is 0 Å². The zero-order valence-corrected chi connectivity index (χ0v) is 20.0. The predicted molar refractivity (Wildman–Crippen MR) is 124 cm³/mol. The summed E-state index contributed by atoms with van der Waals surface area (Å²) in [6.07, 6.45) is 0.485. The minimum atomic E-state index is -0.943. The van der Waals surface area contributed by atoms with Gasteiger partial charge in [-0.25, -0.2) is 4.98 Å². The zero-order chi connectivity index (χ0) is 23.3. The second-order valence-corrected chi connectivity index (χ2v) is 9.10. The molecule has 2 rings (SSSR count). The quantitative estimate of drug-likeness (QED) is 0.598. The van der Waals surface area contributed by atoms with Gasteiger partial charge in [0, 0.05) is 30.4 Å². The smallest absolute Gasteiger partial charge is 0.238 e. The molecule has 31 heavy (non-hydrogen) atoms. The van der Waals surface area contributed by atoms with E-state index in [1.54, 1.807) is 7.11 Å². The van der Waals surface area contributed by atoms with Gasteiger partial charge >= 0.3 is 0 Å². The lowest BCUT2D eigenvalue weighted by Crippen LogP contribution is -2.29. The molecular formula is C25H36N2O4. The van der Waals surface area contributed by atoms with Crippen molar-refractivity contribution in [2.45, 2.75) is 60.5 Å². The fourth-order valence-electron chi connectivity index (χ4n) is 3.65. The number of rotatable bonds is 8. The first-order valence-corrected chi connectivity index (χ1v) is 10.6. The number of hydrogen-bond acceptors (Lipinski definition) is 5. The largest absolute Gasteiger partial charge is 0.479 e. The fraction of sp³-hybridized carbons (Fsp3) is 0.520. The number of pyridine rings is 1. The molecule has 0 spiro atoms. The van der Waals surface area contributed by atoms with E-state index < -0.39 is 11.5 Å². The average Bonchev–Trinajstić information content (AvgIpc) is 2.68. The standard InChI is InChI=1S/C25H36N2O4/c1-15-12-16(2)14-18(13-15)22(28)20-19(10-9-11-30-7)17(3)26-23(31-8)21(20)27-24(29)25(4,5)6/h12-14,22,28H,9-11H2,1-8H3,(H,27,29). The number of anilines is 1. The summed E-state index contributed by atoms with van der Waals surface area (Å²) >= 11 is 0. The lowest BCUT2D eigenvalue weighted by Gasteiger charge is -2.26. The number of amides is 1. The van der Waals surface area contributed by atoms with Gasteiger partial charge in [0.05, 0.1) is 7.11 Å². The minimum Gasteiger partial charge on any atom is -0.479 e. The number of methoxy groups -OCH3 is 2. The van der Waals surface area contributed by atoms with E-state index in [1.807, 2.05) is 53.7 Å². The highest BCUT2D eigenvalue weighted by molar-refractivity contribution is 5.96. The normalized spacial score (nSPS) is 12.5. The Morgan fingerprint density at radius 3 is 2.26 bits per heavy atom. The summed E-state index contributed by atoms with van der Waals surface area (Å²) in [5.41, 5.74) is 4.99. The number of nitrogens with one attached hydrogen (secondary N) is 1. The van der Waals surface area contributed by atoms with Crippen molar-refractivity contribution in [2.24, 2.45) is 5.41 Å². The monoisotopic (exact) mass is 428 g/mol. The van der Waals surface area contributed by atoms with Gasteiger partial charge in [-0.05, 0) is 44.7 Å². The lowest BCUT2D eigenvalue weighted by molar-refractivity contribution is -0.123. The Balaban J connectivity index is 2.73. The van der Waals surface area contributed by atoms with Crippen molar-refractivity contribution in [2.75, 3.05) is 26.1 Å². The highest BCUT2D eigenvalue weighted by Crippen LogP contribution is 2.39. The summed E-state index contributed by atoms with van der Waals surface area (Å²) in [7, 11) is 3.19. The third kappa shape index (κ3) is 6.05. The van der Waals surface area contributed by atoms with Crippen LogP contribution >= 0.6 is 0 Å². The SMILES string of the molecule is COCCCc1c(C)nc(OC)c(NC(=O)C(C)(C)C)c1C(O)c1cc(C)cc(C)c1. The van der Waals surface area contributed by atoms with Crippen molar-refractivity contribution in [3.05, 3.63) is 51.7 Å². The first kappa shape index (κ1) is 24.8. The van der Waals surface area contributed by atoms with Gasteiger partial charge in [-0.3, -0.25) is 4.79 Å². The van der Waals surface area contributed by atoms with Gasteiger partial charge in [0.15, 0.2) is 0 Å². The summed E-state index contributed by atoms with van der Waals surface area (Å²) < 4.78 is 10.8. The number of carbonyl (C=O) groups is 1. The zero-order valence-electron chi connectivity index (χ0n) is 20.0. The first-order chi connectivity index (χ1) is 14.5. The van der Waals surface area contributed by atoms with E-state index in [0.717, 1.165) is 34.4 Å². The maximum Gasteiger partial charge on any atom is 0.238 e. The van der Waals surface area contributed by atoms with E-state index in [2.05, 4.69) is 16.4 Å². The van der Waals surface area contributed by atoms with Crippen LogP contribution in [0.15, 0.2) is 18.2 Å². The van der Waals surface area contributed by atoms with Crippen LogP contribution in [-0.2, 0) is 16.0 Å². The van der Waals surface area contributed by atoms with Gasteiger partial charge in [0.1, 0.15) is 11.8 Å². The number of aliphatic hydroxyl groups excluding tert-OH is 1. The average molecular weight is 429 g/mol. The van der Waals surface area contributed by atoms with Gasteiger partial charge < -0.3 is 19.9 Å². The molecule has 1 aromatic heterocycles. The summed E-state index contributed by atoms with van der Waals surface area (Å²) in [6, 6.07) is 6.00. The second-order valence-electron chi connectivity index (χ2n) is 9.10. The molecule has 0 aliphatic heterocycles. The maximum absolute atomic E-state index is 12.9. The number of hydrogen-bond donors (Lipinski definition) is 2. The number of carbonyl (C=O) groups excluding carboxylic acids is 1. The van der Waals surface area contributed by atoms with Crippen molar-refractivity contribution >= 4 is 11.6 Å². The molecule has 0 fully saturated rings. The minimum absolute atomic E-state index is 0.173. The molecule has 2 aromatic rings. The first-order valence-electron chi connectivity index (χ1n) is 10.6. The number of nitrogens with zero attached hydrogens (tertiary/aromatic N) is 1. The van der Waals surface area contributed by atoms with Crippen LogP contribution in [0.1, 0.15) is 66.8 Å². The van der Waals surface area contributed by atoms with Gasteiger partial charge in [-0.1, -0.05) is 50.1 Å². The topological polar surface area (TPSA) is 80.7 Å². The Kier molecular flexibility index (Phi) is 8.21. The lowest BCUT2D eigenvalue weighted by atomic mass is 9.90. The van der Waals surface area contributed by atoms with Crippen molar-refractivity contribution in [1.82, 2.24) is 4.98 Å². The fourth-order valence-corrected chi connectivity index (χ4v) is 3.65. The predicted octanol–water partition coefficient (Wildman–Crippen LogP) is 4.66. The van der Waals surface area contributed by atoms with E-state index in [-0.39, 0.29) is 5.91 Å². The molecule has 170 valence electrons. The molecule has 1 atom stereocenters. The van der Waals surface area contributed by atoms with Crippen LogP contribution in [0.3, 0.4) is 0 Å². The second kappa shape index (κ2) is 10.2. The van der Waals surface area contributed by atoms with Crippen LogP contribution in [0.25, 0.3) is 0 Å². The van der Waals surface area contributed by atoms with Gasteiger partial charge in [0.2, 0.25) is 11.8 Å². The number of aliphatic hydroxyl groups is 1. The third-order valence-electron chi connectivity index (χ3n) is 5.24. The van der Waals surface area contributed by atoms with Crippen LogP contribution in [0.4, 0.5) is 5.69 Å². The molecule has 6 nitrogen and oxygen atoms in total. The Morgan fingerprint density at radius 1 is 1.13 bits per heavy atom. The highest BCUT2D eigenvalue weighted by atomic mass is 16.5. The molecule has 0 aliphatic carbocycles. The molecule has 0 bridgehead atoms. The highest BCUT2D eigenvalue weighted by Gasteiger charge is 2.29. The van der Waals surface area contributed by atoms with Crippen molar-refractivity contribution in [1.29, 1.82) is 0 Å². The maximum atomic E-state index is 12.9. The van der Waals surface area contributed by atoms with Gasteiger partial charge in [-0.2, -0.15) is 0 Å². The summed E-state index contributed by atoms with van der Waals surface area (Å²) in [4.78, 5) is 17.5. The van der Waals surface area contributed by atoms with Crippen molar-refractivity contribution < 1.29 is 19.4 Å². The molecule has 0 saturated carbocycles. The van der Waals surface area contributed by atoms with E-state index in [0.29, 0.717) is 30.2 Å². The molecule has 0 radical (unpaired) electrons. The van der Waals surface area contributed by atoms with E-state index in [9.17, 15) is 9.90 Å². The van der Waals surface area contributed by atoms with Crippen LogP contribution in [0.2, 0.25) is 0 Å². The molecule has 0 aliphatic rings. The Labute approximate surface area is 186 Å². The van der Waals surface area contributed by atoms with Gasteiger partial charge in [0.25, 0.3) is 0 Å². The molecule has 0 saturated heterocycles. The Morgan fingerprint density at radius 2 is 1.74 bits per heavy atom. The summed E-state index contributed by atoms with van der Waals surface area (Å²) in [5, 5.41) is 14.5. The summed E-state index contributed by atoms with van der Waals surface area (Å²) in [5.74, 6) is 0.122. The van der Waals surface area contributed by atoms with Crippen LogP contribution in [0.5, 0.6) is 5.88 Å². The molecule has 2 N–H and O–H groups in total. The number of aryl methyl sites for hydroxylation is 3. The van der Waals surface area contributed by atoms with Crippen LogP contribution in [-0.4, -0.2) is 36.8 Å². The van der Waals surface area contributed by atoms with Crippen LogP contribution < -0.4 is 10.1 Å². The van der Waals surface area contributed by atoms with Crippen molar-refractivity contribution in [3.8, 4) is 5.88 Å².